The van der Waals surface area contributed by atoms with E-state index in [-0.39, 0.29) is 0 Å². The Hall–Kier alpha value is -0.365. The van der Waals surface area contributed by atoms with E-state index in [0.717, 1.165) is 5.46 Å². The molecule has 0 aliphatic rings. The Balaban J connectivity index is 2.83. The van der Waals surface area contributed by atoms with Crippen molar-refractivity contribution in [2.24, 2.45) is 0 Å². The van der Waals surface area contributed by atoms with Gasteiger partial charge in [0.15, 0.2) is 0 Å². The van der Waals surface area contributed by atoms with Gasteiger partial charge in [0, 0.05) is 0 Å². The molecular formula is C6H6BS. The monoisotopic (exact) mass is 121 g/mol. The fourth-order valence-electron chi connectivity index (χ4n) is 0.539. The zero-order valence-electron chi connectivity index (χ0n) is 4.41. The zero-order chi connectivity index (χ0) is 5.82. The van der Waals surface area contributed by atoms with E-state index in [0.29, 0.717) is 0 Å². The van der Waals surface area contributed by atoms with Crippen LogP contribution in [-0.4, -0.2) is 6.56 Å². The van der Waals surface area contributed by atoms with Crippen LogP contribution in [0.2, 0.25) is 0 Å². The summed E-state index contributed by atoms with van der Waals surface area (Å²) in [4.78, 5) is 0. The van der Waals surface area contributed by atoms with Crippen molar-refractivity contribution in [3.8, 4) is 0 Å². The van der Waals surface area contributed by atoms with Crippen LogP contribution < -0.4 is 5.46 Å². The fraction of sp³-hybridized carbons (Fsp3) is 0. The van der Waals surface area contributed by atoms with Gasteiger partial charge in [0.25, 0.3) is 0 Å². The quantitative estimate of drug-likeness (QED) is 0.413. The van der Waals surface area contributed by atoms with Crippen LogP contribution in [0.3, 0.4) is 0 Å². The van der Waals surface area contributed by atoms with Gasteiger partial charge in [-0.2, -0.15) is 0 Å². The first-order valence-corrected chi connectivity index (χ1v) is 2.97. The lowest BCUT2D eigenvalue weighted by atomic mass is 9.95. The van der Waals surface area contributed by atoms with Crippen LogP contribution >= 0.6 is 12.5 Å². The SMILES string of the molecule is S[B]c1ccccc1. The largest absolute Gasteiger partial charge is 0.228 e. The summed E-state index contributed by atoms with van der Waals surface area (Å²) >= 11 is 3.99. The molecule has 39 valence electrons. The van der Waals surface area contributed by atoms with E-state index in [9.17, 15) is 0 Å². The van der Waals surface area contributed by atoms with Gasteiger partial charge in [0.2, 0.25) is 6.56 Å². The van der Waals surface area contributed by atoms with Crippen molar-refractivity contribution in [1.29, 1.82) is 0 Å². The van der Waals surface area contributed by atoms with Gasteiger partial charge in [-0.05, 0) is 0 Å². The lowest BCUT2D eigenvalue weighted by Crippen LogP contribution is -2.05. The third-order valence-electron chi connectivity index (χ3n) is 0.949. The zero-order valence-corrected chi connectivity index (χ0v) is 5.31. The third kappa shape index (κ3) is 1.30. The highest BCUT2D eigenvalue weighted by Crippen LogP contribution is 1.81. The minimum atomic E-state index is 1.15. The number of thiol groups is 1. The Labute approximate surface area is 55.5 Å². The molecule has 0 fully saturated rings. The highest BCUT2D eigenvalue weighted by molar-refractivity contribution is 8.08. The highest BCUT2D eigenvalue weighted by Gasteiger charge is 1.83. The molecule has 1 radical (unpaired) electrons. The molecule has 0 unspecified atom stereocenters. The molecule has 1 rings (SSSR count). The van der Waals surface area contributed by atoms with Gasteiger partial charge in [-0.3, -0.25) is 0 Å². The maximum absolute atomic E-state index is 3.99. The summed E-state index contributed by atoms with van der Waals surface area (Å²) < 4.78 is 0. The van der Waals surface area contributed by atoms with Crippen molar-refractivity contribution in [3.63, 3.8) is 0 Å². The molecule has 0 saturated carbocycles. The molecule has 0 bridgehead atoms. The van der Waals surface area contributed by atoms with Crippen molar-refractivity contribution in [2.75, 3.05) is 0 Å². The molecule has 0 aliphatic carbocycles. The van der Waals surface area contributed by atoms with Crippen LogP contribution in [0.4, 0.5) is 0 Å². The Bertz CT molecular complexity index is 150. The standard InChI is InChI=1S/C6H6BS/c8-7-6-4-2-1-3-5-6/h1-5,8H. The number of benzene rings is 1. The van der Waals surface area contributed by atoms with E-state index in [1.54, 1.807) is 6.56 Å². The molecule has 0 nitrogen and oxygen atoms in total. The first-order chi connectivity index (χ1) is 3.93. The summed E-state index contributed by atoms with van der Waals surface area (Å²) in [5, 5.41) is 0. The molecule has 0 aromatic heterocycles. The Morgan fingerprint density at radius 1 is 1.12 bits per heavy atom. The Morgan fingerprint density at radius 2 is 1.75 bits per heavy atom. The average Bonchev–Trinajstić information content (AvgIpc) is 1.90. The van der Waals surface area contributed by atoms with Gasteiger partial charge in [0.05, 0.1) is 0 Å². The van der Waals surface area contributed by atoms with Gasteiger partial charge in [0.1, 0.15) is 0 Å². The summed E-state index contributed by atoms with van der Waals surface area (Å²) in [6.45, 7) is 1.78. The minimum Gasteiger partial charge on any atom is -0.228 e. The second kappa shape index (κ2) is 2.83. The topological polar surface area (TPSA) is 0 Å². The Kier molecular flexibility index (Phi) is 2.04. The molecule has 0 saturated heterocycles. The summed E-state index contributed by atoms with van der Waals surface area (Å²) in [5.41, 5.74) is 1.15. The van der Waals surface area contributed by atoms with Gasteiger partial charge in [-0.25, -0.2) is 12.5 Å². The van der Waals surface area contributed by atoms with Crippen molar-refractivity contribution in [3.05, 3.63) is 30.3 Å². The summed E-state index contributed by atoms with van der Waals surface area (Å²) in [5.74, 6) is 0. The molecule has 0 amide bonds. The van der Waals surface area contributed by atoms with E-state index in [2.05, 4.69) is 12.5 Å². The Morgan fingerprint density at radius 3 is 2.12 bits per heavy atom. The molecule has 0 heterocycles. The summed E-state index contributed by atoms with van der Waals surface area (Å²) in [6.07, 6.45) is 0. The highest BCUT2D eigenvalue weighted by atomic mass is 32.1. The summed E-state index contributed by atoms with van der Waals surface area (Å²) in [7, 11) is 0. The molecule has 1 aromatic rings. The molecular weight excluding hydrogens is 115 g/mol. The average molecular weight is 121 g/mol. The van der Waals surface area contributed by atoms with Crippen LogP contribution in [0.15, 0.2) is 30.3 Å². The van der Waals surface area contributed by atoms with Crippen LogP contribution in [0, 0.1) is 0 Å². The number of hydrogen-bond acceptors (Lipinski definition) is 1. The summed E-state index contributed by atoms with van der Waals surface area (Å²) in [6, 6.07) is 9.98. The predicted octanol–water partition coefficient (Wildman–Crippen LogP) is 0.861. The third-order valence-corrected chi connectivity index (χ3v) is 1.25. The van der Waals surface area contributed by atoms with E-state index in [1.165, 1.54) is 0 Å². The van der Waals surface area contributed by atoms with Gasteiger partial charge in [-0.1, -0.05) is 35.8 Å². The smallest absolute Gasteiger partial charge is 0.225 e. The fourth-order valence-corrected chi connectivity index (χ4v) is 0.711. The lowest BCUT2D eigenvalue weighted by molar-refractivity contribution is 1.77. The van der Waals surface area contributed by atoms with E-state index < -0.39 is 0 Å². The molecule has 8 heavy (non-hydrogen) atoms. The van der Waals surface area contributed by atoms with Crippen LogP contribution in [0.1, 0.15) is 0 Å². The maximum Gasteiger partial charge on any atom is 0.225 e. The van der Waals surface area contributed by atoms with Gasteiger partial charge >= 0.3 is 0 Å². The van der Waals surface area contributed by atoms with E-state index in [1.807, 2.05) is 30.3 Å². The van der Waals surface area contributed by atoms with Crippen molar-refractivity contribution < 1.29 is 0 Å². The van der Waals surface area contributed by atoms with Gasteiger partial charge < -0.3 is 0 Å². The molecule has 2 heteroatoms. The maximum atomic E-state index is 3.99. The first-order valence-electron chi connectivity index (χ1n) is 2.46. The lowest BCUT2D eigenvalue weighted by Gasteiger charge is -1.87. The molecule has 0 aliphatic heterocycles. The second-order valence-electron chi connectivity index (χ2n) is 1.54. The minimum absolute atomic E-state index is 1.15. The van der Waals surface area contributed by atoms with E-state index >= 15 is 0 Å². The van der Waals surface area contributed by atoms with E-state index in [4.69, 9.17) is 0 Å². The molecule has 1 aromatic carbocycles. The number of rotatable bonds is 1. The first kappa shape index (κ1) is 5.77. The van der Waals surface area contributed by atoms with Crippen molar-refractivity contribution in [2.45, 2.75) is 0 Å². The molecule has 0 N–H and O–H groups in total. The second-order valence-corrected chi connectivity index (χ2v) is 1.80. The van der Waals surface area contributed by atoms with Crippen molar-refractivity contribution >= 4 is 24.5 Å². The normalized spacial score (nSPS) is 8.62. The number of hydrogen-bond donors (Lipinski definition) is 1. The molecule has 0 spiro atoms. The predicted molar refractivity (Wildman–Crippen MR) is 40.8 cm³/mol. The van der Waals surface area contributed by atoms with Crippen LogP contribution in [0.5, 0.6) is 0 Å². The van der Waals surface area contributed by atoms with Crippen LogP contribution in [-0.2, 0) is 0 Å². The molecule has 0 atom stereocenters. The van der Waals surface area contributed by atoms with Crippen molar-refractivity contribution in [1.82, 2.24) is 0 Å². The van der Waals surface area contributed by atoms with Crippen LogP contribution in [0.25, 0.3) is 0 Å². The van der Waals surface area contributed by atoms with Gasteiger partial charge in [-0.15, -0.1) is 0 Å².